The van der Waals surface area contributed by atoms with Gasteiger partial charge < -0.3 is 10.7 Å². The quantitative estimate of drug-likeness (QED) is 0.555. The number of amides is 1. The van der Waals surface area contributed by atoms with E-state index in [1.807, 2.05) is 6.92 Å². The SMILES string of the molecule is CCC(CC)C(C)NC(=O)c1cc(Cl)ccc1NN. The predicted molar refractivity (Wildman–Crippen MR) is 80.3 cm³/mol. The molecule has 1 rings (SSSR count). The fourth-order valence-electron chi connectivity index (χ4n) is 2.23. The first-order chi connectivity index (χ1) is 9.03. The number of nitrogens with two attached hydrogens (primary N) is 1. The van der Waals surface area contributed by atoms with Gasteiger partial charge in [-0.2, -0.15) is 0 Å². The zero-order valence-corrected chi connectivity index (χ0v) is 12.4. The van der Waals surface area contributed by atoms with E-state index in [2.05, 4.69) is 24.6 Å². The minimum Gasteiger partial charge on any atom is -0.349 e. The molecule has 106 valence electrons. The number of hydrogen-bond acceptors (Lipinski definition) is 3. The molecule has 1 amide bonds. The van der Waals surface area contributed by atoms with Gasteiger partial charge >= 0.3 is 0 Å². The summed E-state index contributed by atoms with van der Waals surface area (Å²) >= 11 is 5.92. The maximum absolute atomic E-state index is 12.3. The molecule has 0 aliphatic carbocycles. The molecule has 4 nitrogen and oxygen atoms in total. The lowest BCUT2D eigenvalue weighted by Gasteiger charge is -2.23. The predicted octanol–water partition coefficient (Wildman–Crippen LogP) is 3.18. The summed E-state index contributed by atoms with van der Waals surface area (Å²) in [6.45, 7) is 6.28. The van der Waals surface area contributed by atoms with Gasteiger partial charge in [-0.05, 0) is 31.0 Å². The van der Waals surface area contributed by atoms with Crippen LogP contribution in [-0.2, 0) is 0 Å². The third-order valence-electron chi connectivity index (χ3n) is 3.50. The van der Waals surface area contributed by atoms with Crippen LogP contribution in [0.3, 0.4) is 0 Å². The first-order valence-electron chi connectivity index (χ1n) is 6.60. The molecule has 19 heavy (non-hydrogen) atoms. The van der Waals surface area contributed by atoms with Gasteiger partial charge in [0.2, 0.25) is 0 Å². The van der Waals surface area contributed by atoms with E-state index >= 15 is 0 Å². The molecule has 1 atom stereocenters. The number of nitrogen functional groups attached to an aromatic ring is 1. The van der Waals surface area contributed by atoms with E-state index in [1.54, 1.807) is 18.2 Å². The van der Waals surface area contributed by atoms with Gasteiger partial charge in [0.1, 0.15) is 0 Å². The monoisotopic (exact) mass is 283 g/mol. The molecule has 0 heterocycles. The zero-order chi connectivity index (χ0) is 14.4. The van der Waals surface area contributed by atoms with E-state index in [9.17, 15) is 4.79 Å². The van der Waals surface area contributed by atoms with Crippen molar-refractivity contribution in [2.75, 3.05) is 5.43 Å². The lowest BCUT2D eigenvalue weighted by Crippen LogP contribution is -2.38. The maximum Gasteiger partial charge on any atom is 0.253 e. The molecule has 0 bridgehead atoms. The fourth-order valence-corrected chi connectivity index (χ4v) is 2.40. The highest BCUT2D eigenvalue weighted by atomic mass is 35.5. The highest BCUT2D eigenvalue weighted by Gasteiger charge is 2.18. The Balaban J connectivity index is 2.86. The van der Waals surface area contributed by atoms with Crippen LogP contribution in [0.25, 0.3) is 0 Å². The van der Waals surface area contributed by atoms with Crippen molar-refractivity contribution in [3.8, 4) is 0 Å². The lowest BCUT2D eigenvalue weighted by molar-refractivity contribution is 0.0926. The Morgan fingerprint density at radius 2 is 2.00 bits per heavy atom. The first-order valence-corrected chi connectivity index (χ1v) is 6.98. The molecule has 0 radical (unpaired) electrons. The van der Waals surface area contributed by atoms with Crippen LogP contribution in [0.2, 0.25) is 5.02 Å². The van der Waals surface area contributed by atoms with Crippen LogP contribution in [-0.4, -0.2) is 11.9 Å². The van der Waals surface area contributed by atoms with Crippen LogP contribution in [0, 0.1) is 5.92 Å². The molecule has 0 saturated carbocycles. The largest absolute Gasteiger partial charge is 0.349 e. The van der Waals surface area contributed by atoms with Crippen molar-refractivity contribution < 1.29 is 4.79 Å². The number of anilines is 1. The molecule has 0 spiro atoms. The second kappa shape index (κ2) is 7.36. The van der Waals surface area contributed by atoms with Crippen LogP contribution < -0.4 is 16.6 Å². The molecule has 0 saturated heterocycles. The molecule has 0 fully saturated rings. The average Bonchev–Trinajstić information content (AvgIpc) is 2.40. The number of carbonyl (C=O) groups is 1. The number of rotatable bonds is 6. The Morgan fingerprint density at radius 3 is 2.53 bits per heavy atom. The molecule has 0 aromatic heterocycles. The number of nitrogens with one attached hydrogen (secondary N) is 2. The van der Waals surface area contributed by atoms with Crippen LogP contribution in [0.15, 0.2) is 18.2 Å². The van der Waals surface area contributed by atoms with E-state index in [0.29, 0.717) is 22.2 Å². The first kappa shape index (κ1) is 15.8. The molecule has 0 aliphatic heterocycles. The Labute approximate surface area is 119 Å². The number of hydrogen-bond donors (Lipinski definition) is 3. The van der Waals surface area contributed by atoms with Crippen molar-refractivity contribution in [2.45, 2.75) is 39.7 Å². The number of carbonyl (C=O) groups excluding carboxylic acids is 1. The zero-order valence-electron chi connectivity index (χ0n) is 11.7. The van der Waals surface area contributed by atoms with Crippen molar-refractivity contribution >= 4 is 23.2 Å². The van der Waals surface area contributed by atoms with Gasteiger partial charge in [0.15, 0.2) is 0 Å². The van der Waals surface area contributed by atoms with Gasteiger partial charge in [0, 0.05) is 11.1 Å². The normalized spacial score (nSPS) is 12.3. The van der Waals surface area contributed by atoms with E-state index in [-0.39, 0.29) is 11.9 Å². The molecule has 1 aromatic carbocycles. The van der Waals surface area contributed by atoms with Crippen molar-refractivity contribution in [3.63, 3.8) is 0 Å². The molecule has 1 aromatic rings. The smallest absolute Gasteiger partial charge is 0.253 e. The van der Waals surface area contributed by atoms with E-state index in [1.165, 1.54) is 0 Å². The van der Waals surface area contributed by atoms with Crippen molar-refractivity contribution in [2.24, 2.45) is 11.8 Å². The average molecular weight is 284 g/mol. The topological polar surface area (TPSA) is 67.2 Å². The minimum atomic E-state index is -0.158. The number of halogens is 1. The molecule has 5 heteroatoms. The summed E-state index contributed by atoms with van der Waals surface area (Å²) in [7, 11) is 0. The Hall–Kier alpha value is -1.26. The van der Waals surface area contributed by atoms with Gasteiger partial charge in [-0.25, -0.2) is 0 Å². The summed E-state index contributed by atoms with van der Waals surface area (Å²) in [6.07, 6.45) is 2.07. The second-order valence-electron chi connectivity index (χ2n) is 4.67. The summed E-state index contributed by atoms with van der Waals surface area (Å²) in [5.41, 5.74) is 3.55. The summed E-state index contributed by atoms with van der Waals surface area (Å²) in [5, 5.41) is 3.52. The summed E-state index contributed by atoms with van der Waals surface area (Å²) in [5.74, 6) is 5.72. The van der Waals surface area contributed by atoms with Crippen LogP contribution in [0.4, 0.5) is 5.69 Å². The molecule has 1 unspecified atom stereocenters. The standard InChI is InChI=1S/C14H22ClN3O/c1-4-10(5-2)9(3)17-14(19)12-8-11(15)6-7-13(12)18-16/h6-10,18H,4-5,16H2,1-3H3,(H,17,19). The van der Waals surface area contributed by atoms with Crippen LogP contribution >= 0.6 is 11.6 Å². The highest BCUT2D eigenvalue weighted by molar-refractivity contribution is 6.31. The summed E-state index contributed by atoms with van der Waals surface area (Å²) in [6, 6.07) is 5.12. The number of benzene rings is 1. The van der Waals surface area contributed by atoms with Gasteiger partial charge in [-0.15, -0.1) is 0 Å². The summed E-state index contributed by atoms with van der Waals surface area (Å²) in [4.78, 5) is 12.3. The highest BCUT2D eigenvalue weighted by Crippen LogP contribution is 2.21. The van der Waals surface area contributed by atoms with Crippen LogP contribution in [0.5, 0.6) is 0 Å². The van der Waals surface area contributed by atoms with Gasteiger partial charge in [-0.1, -0.05) is 38.3 Å². The maximum atomic E-state index is 12.3. The molecular weight excluding hydrogens is 262 g/mol. The van der Waals surface area contributed by atoms with E-state index in [4.69, 9.17) is 17.4 Å². The Bertz CT molecular complexity index is 433. The Kier molecular flexibility index (Phi) is 6.12. The minimum absolute atomic E-state index is 0.118. The van der Waals surface area contributed by atoms with Crippen molar-refractivity contribution in [3.05, 3.63) is 28.8 Å². The Morgan fingerprint density at radius 1 is 1.37 bits per heavy atom. The fraction of sp³-hybridized carbons (Fsp3) is 0.500. The van der Waals surface area contributed by atoms with Gasteiger partial charge in [-0.3, -0.25) is 10.6 Å². The summed E-state index contributed by atoms with van der Waals surface area (Å²) < 4.78 is 0. The number of hydrazine groups is 1. The van der Waals surface area contributed by atoms with Gasteiger partial charge in [0.25, 0.3) is 5.91 Å². The van der Waals surface area contributed by atoms with Crippen molar-refractivity contribution in [1.82, 2.24) is 5.32 Å². The van der Waals surface area contributed by atoms with Gasteiger partial charge in [0.05, 0.1) is 11.3 Å². The lowest BCUT2D eigenvalue weighted by atomic mass is 9.95. The molecule has 4 N–H and O–H groups in total. The third-order valence-corrected chi connectivity index (χ3v) is 3.73. The van der Waals surface area contributed by atoms with E-state index in [0.717, 1.165) is 12.8 Å². The second-order valence-corrected chi connectivity index (χ2v) is 5.11. The molecule has 0 aliphatic rings. The molecular formula is C14H22ClN3O. The van der Waals surface area contributed by atoms with Crippen LogP contribution in [0.1, 0.15) is 44.0 Å². The van der Waals surface area contributed by atoms with E-state index < -0.39 is 0 Å². The third kappa shape index (κ3) is 4.11. The van der Waals surface area contributed by atoms with Crippen molar-refractivity contribution in [1.29, 1.82) is 0 Å².